The molecule has 7 heteroatoms. The molecule has 1 aliphatic rings. The highest BCUT2D eigenvalue weighted by Crippen LogP contribution is 2.05. The van der Waals surface area contributed by atoms with E-state index in [4.69, 9.17) is 14.6 Å². The molecule has 0 spiro atoms. The summed E-state index contributed by atoms with van der Waals surface area (Å²) in [7, 11) is 1.42. The van der Waals surface area contributed by atoms with Gasteiger partial charge in [-0.25, -0.2) is 4.79 Å². The van der Waals surface area contributed by atoms with Gasteiger partial charge in [-0.2, -0.15) is 0 Å². The molecule has 0 aliphatic carbocycles. The van der Waals surface area contributed by atoms with Crippen LogP contribution < -0.4 is 10.6 Å². The summed E-state index contributed by atoms with van der Waals surface area (Å²) in [6.07, 6.45) is 1.18. The fourth-order valence-corrected chi connectivity index (χ4v) is 1.73. The lowest BCUT2D eigenvalue weighted by molar-refractivity contribution is -0.139. The molecule has 0 saturated carbocycles. The molecule has 2 amide bonds. The Bertz CT molecular complexity index is 279. The van der Waals surface area contributed by atoms with Gasteiger partial charge in [0, 0.05) is 20.3 Å². The van der Waals surface area contributed by atoms with Crippen molar-refractivity contribution < 1.29 is 24.2 Å². The monoisotopic (exact) mass is 260 g/mol. The molecule has 1 saturated heterocycles. The van der Waals surface area contributed by atoms with E-state index >= 15 is 0 Å². The smallest absolute Gasteiger partial charge is 0.315 e. The van der Waals surface area contributed by atoms with E-state index < -0.39 is 12.1 Å². The Labute approximate surface area is 106 Å². The summed E-state index contributed by atoms with van der Waals surface area (Å²) < 4.78 is 10.2. The minimum atomic E-state index is -0.954. The molecule has 0 aromatic carbocycles. The maximum absolute atomic E-state index is 11.5. The van der Waals surface area contributed by atoms with Crippen molar-refractivity contribution >= 4 is 12.0 Å². The van der Waals surface area contributed by atoms with Gasteiger partial charge in [-0.05, 0) is 12.8 Å². The highest BCUT2D eigenvalue weighted by molar-refractivity contribution is 5.74. The Morgan fingerprint density at radius 2 is 2.33 bits per heavy atom. The third-order valence-corrected chi connectivity index (χ3v) is 2.72. The van der Waals surface area contributed by atoms with Crippen LogP contribution in [-0.4, -0.2) is 56.1 Å². The molecule has 1 aliphatic heterocycles. The Hall–Kier alpha value is -1.34. The van der Waals surface area contributed by atoms with Crippen molar-refractivity contribution in [2.45, 2.75) is 31.4 Å². The van der Waals surface area contributed by atoms with Crippen molar-refractivity contribution in [2.24, 2.45) is 0 Å². The predicted molar refractivity (Wildman–Crippen MR) is 63.4 cm³/mol. The van der Waals surface area contributed by atoms with Crippen LogP contribution in [0.15, 0.2) is 0 Å². The number of carboxylic acid groups (broad SMARTS) is 1. The third kappa shape index (κ3) is 5.83. The van der Waals surface area contributed by atoms with E-state index in [-0.39, 0.29) is 25.0 Å². The molecule has 18 heavy (non-hydrogen) atoms. The van der Waals surface area contributed by atoms with Crippen LogP contribution in [0.5, 0.6) is 0 Å². The van der Waals surface area contributed by atoms with Crippen LogP contribution in [-0.2, 0) is 14.3 Å². The Kier molecular flexibility index (Phi) is 6.45. The molecule has 2 unspecified atom stereocenters. The van der Waals surface area contributed by atoms with Gasteiger partial charge < -0.3 is 25.2 Å². The van der Waals surface area contributed by atoms with Crippen molar-refractivity contribution in [2.75, 3.05) is 26.9 Å². The molecule has 0 bridgehead atoms. The lowest BCUT2D eigenvalue weighted by atomic mass is 10.1. The molecule has 0 radical (unpaired) electrons. The normalized spacial score (nSPS) is 21.1. The van der Waals surface area contributed by atoms with Gasteiger partial charge >= 0.3 is 12.0 Å². The zero-order valence-corrected chi connectivity index (χ0v) is 10.5. The largest absolute Gasteiger partial charge is 0.481 e. The minimum Gasteiger partial charge on any atom is -0.481 e. The standard InChI is InChI=1S/C11H20N2O5/c1-17-9(5-10(14)15)6-12-11(16)13-8-3-2-4-18-7-8/h8-9H,2-7H2,1H3,(H,14,15)(H2,12,13,16). The van der Waals surface area contributed by atoms with Gasteiger partial charge in [-0.1, -0.05) is 0 Å². The number of aliphatic carboxylic acids is 1. The average molecular weight is 260 g/mol. The molecular formula is C11H20N2O5. The van der Waals surface area contributed by atoms with Gasteiger partial charge in [0.25, 0.3) is 0 Å². The second kappa shape index (κ2) is 7.88. The number of ether oxygens (including phenoxy) is 2. The number of hydrogen-bond acceptors (Lipinski definition) is 4. The minimum absolute atomic E-state index is 0.0271. The van der Waals surface area contributed by atoms with Gasteiger partial charge in [0.15, 0.2) is 0 Å². The number of amides is 2. The summed E-state index contributed by atoms with van der Waals surface area (Å²) >= 11 is 0. The third-order valence-electron chi connectivity index (χ3n) is 2.72. The van der Waals surface area contributed by atoms with E-state index in [2.05, 4.69) is 10.6 Å². The first-order valence-electron chi connectivity index (χ1n) is 5.98. The van der Waals surface area contributed by atoms with Gasteiger partial charge in [0.2, 0.25) is 0 Å². The first-order chi connectivity index (χ1) is 8.61. The number of carbonyl (C=O) groups is 2. The number of urea groups is 1. The van der Waals surface area contributed by atoms with Gasteiger partial charge in [0.05, 0.1) is 25.2 Å². The molecular weight excluding hydrogens is 240 g/mol. The van der Waals surface area contributed by atoms with Crippen LogP contribution in [0.25, 0.3) is 0 Å². The van der Waals surface area contributed by atoms with Gasteiger partial charge in [-0.15, -0.1) is 0 Å². The van der Waals surface area contributed by atoms with Gasteiger partial charge in [0.1, 0.15) is 0 Å². The fraction of sp³-hybridized carbons (Fsp3) is 0.818. The number of hydrogen-bond donors (Lipinski definition) is 3. The Balaban J connectivity index is 2.20. The quantitative estimate of drug-likeness (QED) is 0.622. The molecule has 1 heterocycles. The highest BCUT2D eigenvalue weighted by Gasteiger charge is 2.17. The number of rotatable bonds is 6. The van der Waals surface area contributed by atoms with Crippen molar-refractivity contribution in [3.8, 4) is 0 Å². The van der Waals surface area contributed by atoms with Crippen LogP contribution >= 0.6 is 0 Å². The molecule has 1 rings (SSSR count). The first-order valence-corrected chi connectivity index (χ1v) is 5.98. The number of carbonyl (C=O) groups excluding carboxylic acids is 1. The second-order valence-corrected chi connectivity index (χ2v) is 4.22. The predicted octanol–water partition coefficient (Wildman–Crippen LogP) is -0.0457. The summed E-state index contributed by atoms with van der Waals surface area (Å²) in [5.41, 5.74) is 0. The lowest BCUT2D eigenvalue weighted by Gasteiger charge is -2.23. The Morgan fingerprint density at radius 3 is 2.89 bits per heavy atom. The summed E-state index contributed by atoms with van der Waals surface area (Å²) in [5, 5.41) is 14.0. The molecule has 7 nitrogen and oxygen atoms in total. The molecule has 0 aromatic rings. The van der Waals surface area contributed by atoms with E-state index in [1.807, 2.05) is 0 Å². The van der Waals surface area contributed by atoms with Crippen LogP contribution in [0.2, 0.25) is 0 Å². The maximum atomic E-state index is 11.5. The van der Waals surface area contributed by atoms with E-state index in [0.29, 0.717) is 6.61 Å². The maximum Gasteiger partial charge on any atom is 0.315 e. The van der Waals surface area contributed by atoms with Crippen LogP contribution in [0.4, 0.5) is 4.79 Å². The SMILES string of the molecule is COC(CNC(=O)NC1CCCOC1)CC(=O)O. The number of carboxylic acids is 1. The van der Waals surface area contributed by atoms with Gasteiger partial charge in [-0.3, -0.25) is 4.79 Å². The topological polar surface area (TPSA) is 96.9 Å². The molecule has 1 fully saturated rings. The van der Waals surface area contributed by atoms with Crippen LogP contribution in [0, 0.1) is 0 Å². The van der Waals surface area contributed by atoms with Crippen molar-refractivity contribution in [1.29, 1.82) is 0 Å². The average Bonchev–Trinajstić information content (AvgIpc) is 2.35. The summed E-state index contributed by atoms with van der Waals surface area (Å²) in [5.74, 6) is -0.954. The van der Waals surface area contributed by atoms with Crippen LogP contribution in [0.1, 0.15) is 19.3 Å². The van der Waals surface area contributed by atoms with E-state index in [9.17, 15) is 9.59 Å². The summed E-state index contributed by atoms with van der Waals surface area (Å²) in [6, 6.07) is -0.294. The second-order valence-electron chi connectivity index (χ2n) is 4.22. The lowest BCUT2D eigenvalue weighted by Crippen LogP contribution is -2.47. The molecule has 0 aromatic heterocycles. The van der Waals surface area contributed by atoms with Crippen LogP contribution in [0.3, 0.4) is 0 Å². The van der Waals surface area contributed by atoms with E-state index in [1.54, 1.807) is 0 Å². The zero-order valence-electron chi connectivity index (χ0n) is 10.5. The highest BCUT2D eigenvalue weighted by atomic mass is 16.5. The first kappa shape index (κ1) is 14.7. The molecule has 3 N–H and O–H groups in total. The van der Waals surface area contributed by atoms with Crippen molar-refractivity contribution in [3.63, 3.8) is 0 Å². The fourth-order valence-electron chi connectivity index (χ4n) is 1.73. The van der Waals surface area contributed by atoms with E-state index in [0.717, 1.165) is 19.4 Å². The van der Waals surface area contributed by atoms with Crippen molar-refractivity contribution in [1.82, 2.24) is 10.6 Å². The van der Waals surface area contributed by atoms with Crippen molar-refractivity contribution in [3.05, 3.63) is 0 Å². The number of methoxy groups -OCH3 is 1. The number of nitrogens with one attached hydrogen (secondary N) is 2. The Morgan fingerprint density at radius 1 is 1.56 bits per heavy atom. The molecule has 104 valence electrons. The molecule has 2 atom stereocenters. The zero-order chi connectivity index (χ0) is 13.4. The van der Waals surface area contributed by atoms with E-state index in [1.165, 1.54) is 7.11 Å². The summed E-state index contributed by atoms with van der Waals surface area (Å²) in [4.78, 5) is 22.0. The summed E-state index contributed by atoms with van der Waals surface area (Å²) in [6.45, 7) is 1.43.